The molecule has 1 saturated heterocycles. The van der Waals surface area contributed by atoms with Crippen LogP contribution in [0, 0.1) is 6.92 Å². The number of H-pyrrole nitrogens is 2. The Hall–Kier alpha value is -5.27. The number of rotatable bonds is 13. The van der Waals surface area contributed by atoms with Gasteiger partial charge in [-0.3, -0.25) is 14.4 Å². The Kier molecular flexibility index (Phi) is 15.4. The van der Waals surface area contributed by atoms with E-state index in [0.717, 1.165) is 42.8 Å². The van der Waals surface area contributed by atoms with E-state index in [1.54, 1.807) is 78.9 Å². The minimum absolute atomic E-state index is 0.00347. The Morgan fingerprint density at radius 2 is 1.11 bits per heavy atom. The average Bonchev–Trinajstić information content (AvgIpc) is 4.05. The fourth-order valence-electron chi connectivity index (χ4n) is 6.73. The molecule has 0 atom stereocenters. The highest BCUT2D eigenvalue weighted by Crippen LogP contribution is 2.30. The number of ether oxygens (including phenoxy) is 1. The molecule has 0 radical (unpaired) electrons. The van der Waals surface area contributed by atoms with Crippen LogP contribution in [0.5, 0.6) is 0 Å². The summed E-state index contributed by atoms with van der Waals surface area (Å²) in [7, 11) is -11.2. The molecule has 64 heavy (non-hydrogen) atoms. The quantitative estimate of drug-likeness (QED) is 0.0842. The minimum Gasteiger partial charge on any atom is -0.381 e. The normalized spacial score (nSPS) is 15.1. The van der Waals surface area contributed by atoms with E-state index in [-0.39, 0.29) is 37.8 Å². The van der Waals surface area contributed by atoms with Gasteiger partial charge in [0.1, 0.15) is 0 Å². The van der Waals surface area contributed by atoms with Gasteiger partial charge in [-0.05, 0) is 124 Å². The number of aromatic nitrogens is 4. The molecule has 0 spiro atoms. The van der Waals surface area contributed by atoms with E-state index in [1.165, 1.54) is 62.8 Å². The van der Waals surface area contributed by atoms with Crippen LogP contribution in [0.25, 0.3) is 21.8 Å². The number of nitrogens with zero attached hydrogens (tertiary/aromatic N) is 2. The van der Waals surface area contributed by atoms with Crippen molar-refractivity contribution in [3.05, 3.63) is 138 Å². The summed E-state index contributed by atoms with van der Waals surface area (Å²) in [5, 5.41) is 18.6. The van der Waals surface area contributed by atoms with Gasteiger partial charge >= 0.3 is 0 Å². The number of hydrogen-bond donors (Lipinski definition) is 4. The molecule has 14 nitrogen and oxygen atoms in total. The van der Waals surface area contributed by atoms with Crippen LogP contribution < -0.4 is 11.1 Å². The molecular formula is C47H54N6O8S3. The molecule has 3 aliphatic rings. The largest absolute Gasteiger partial charge is 0.381 e. The van der Waals surface area contributed by atoms with Gasteiger partial charge in [0.2, 0.25) is 19.7 Å². The fourth-order valence-corrected chi connectivity index (χ4v) is 10.4. The van der Waals surface area contributed by atoms with Crippen molar-refractivity contribution < 1.29 is 34.2 Å². The highest BCUT2D eigenvalue weighted by molar-refractivity contribution is 7.92. The maximum absolute atomic E-state index is 13.0. The van der Waals surface area contributed by atoms with Crippen molar-refractivity contribution in [3.8, 4) is 0 Å². The molecule has 0 amide bonds. The van der Waals surface area contributed by atoms with Gasteiger partial charge in [-0.2, -0.15) is 18.6 Å². The predicted molar refractivity (Wildman–Crippen MR) is 246 cm³/mol. The van der Waals surface area contributed by atoms with Crippen molar-refractivity contribution in [2.75, 3.05) is 26.4 Å². The number of para-hydroxylation sites is 2. The van der Waals surface area contributed by atoms with Gasteiger partial charge in [0.05, 0.1) is 32.3 Å². The third-order valence-electron chi connectivity index (χ3n) is 10.7. The summed E-state index contributed by atoms with van der Waals surface area (Å²) < 4.78 is 86.5. The molecule has 338 valence electrons. The Morgan fingerprint density at radius 3 is 1.55 bits per heavy atom. The second-order valence-corrected chi connectivity index (χ2v) is 21.2. The van der Waals surface area contributed by atoms with Crippen molar-refractivity contribution in [1.82, 2.24) is 25.7 Å². The zero-order valence-corrected chi connectivity index (χ0v) is 38.1. The first-order valence-electron chi connectivity index (χ1n) is 21.4. The molecule has 1 aliphatic heterocycles. The van der Waals surface area contributed by atoms with Crippen LogP contribution in [0.15, 0.2) is 146 Å². The van der Waals surface area contributed by atoms with Crippen molar-refractivity contribution in [1.29, 1.82) is 0 Å². The van der Waals surface area contributed by atoms with Gasteiger partial charge in [-0.1, -0.05) is 78.4 Å². The lowest BCUT2D eigenvalue weighted by Crippen LogP contribution is -2.19. The average molecular weight is 927 g/mol. The lowest BCUT2D eigenvalue weighted by Gasteiger charge is -2.07. The van der Waals surface area contributed by atoms with E-state index in [4.69, 9.17) is 14.7 Å². The number of nitrogens with one attached hydrogen (secondary N) is 3. The molecular weight excluding hydrogens is 873 g/mol. The molecule has 0 unspecified atom stereocenters. The SMILES string of the molecule is C1CCOC1.Cc1ccc(S(=O)(=O)OCCc2cccc3c(S(=O)(=O)c4ccccc4)[nH]nc23)cc1.NC1CC1.O=S(=O)(c1ccccc1)c1[nH]nc2c(CCNC3CC3)cccc12. The molecule has 7 aromatic rings. The summed E-state index contributed by atoms with van der Waals surface area (Å²) in [4.78, 5) is 0.530. The van der Waals surface area contributed by atoms with Crippen LogP contribution in [0.1, 0.15) is 55.2 Å². The molecule has 2 aromatic heterocycles. The number of nitrogens with two attached hydrogens (primary N) is 1. The van der Waals surface area contributed by atoms with E-state index in [9.17, 15) is 25.3 Å². The number of fused-ring (bicyclic) bond motifs is 2. The number of aromatic amines is 2. The zero-order chi connectivity index (χ0) is 45.2. The van der Waals surface area contributed by atoms with E-state index < -0.39 is 29.8 Å². The van der Waals surface area contributed by atoms with Crippen LogP contribution >= 0.6 is 0 Å². The number of hydrogen-bond acceptors (Lipinski definition) is 12. The van der Waals surface area contributed by atoms with E-state index in [1.807, 2.05) is 25.1 Å². The Bertz CT molecular complexity index is 2940. The molecule has 5 aromatic carbocycles. The summed E-state index contributed by atoms with van der Waals surface area (Å²) in [5.41, 5.74) is 9.12. The Balaban J connectivity index is 0.000000162. The summed E-state index contributed by atoms with van der Waals surface area (Å²) in [6.07, 6.45) is 8.68. The van der Waals surface area contributed by atoms with Crippen LogP contribution in [0.4, 0.5) is 0 Å². The topological polar surface area (TPSA) is 216 Å². The third-order valence-corrected chi connectivity index (χ3v) is 15.5. The molecule has 17 heteroatoms. The van der Waals surface area contributed by atoms with Crippen molar-refractivity contribution in [3.63, 3.8) is 0 Å². The molecule has 0 bridgehead atoms. The maximum Gasteiger partial charge on any atom is 0.296 e. The van der Waals surface area contributed by atoms with Crippen LogP contribution in [-0.2, 0) is 51.6 Å². The maximum atomic E-state index is 13.0. The van der Waals surface area contributed by atoms with Crippen molar-refractivity contribution >= 4 is 51.6 Å². The fraction of sp³-hybridized carbons (Fsp3) is 0.319. The first-order chi connectivity index (χ1) is 30.8. The number of aryl methyl sites for hydroxylation is 1. The van der Waals surface area contributed by atoms with Crippen LogP contribution in [-0.4, -0.2) is 84.1 Å². The third kappa shape index (κ3) is 12.1. The Labute approximate surface area is 374 Å². The smallest absolute Gasteiger partial charge is 0.296 e. The van der Waals surface area contributed by atoms with Gasteiger partial charge in [0.25, 0.3) is 10.1 Å². The molecule has 10 rings (SSSR count). The second kappa shape index (κ2) is 21.1. The summed E-state index contributed by atoms with van der Waals surface area (Å²) in [6, 6.07) is 35.1. The lowest BCUT2D eigenvalue weighted by atomic mass is 10.1. The van der Waals surface area contributed by atoms with Gasteiger partial charge < -0.3 is 15.8 Å². The van der Waals surface area contributed by atoms with Crippen molar-refractivity contribution in [2.24, 2.45) is 5.73 Å². The van der Waals surface area contributed by atoms with Crippen molar-refractivity contribution in [2.45, 2.75) is 95.1 Å². The summed E-state index contributed by atoms with van der Waals surface area (Å²) in [6.45, 7) is 4.66. The minimum atomic E-state index is -3.88. The molecule has 2 saturated carbocycles. The summed E-state index contributed by atoms with van der Waals surface area (Å²) >= 11 is 0. The van der Waals surface area contributed by atoms with E-state index in [2.05, 4.69) is 25.7 Å². The van der Waals surface area contributed by atoms with Gasteiger partial charge in [0.15, 0.2) is 10.1 Å². The van der Waals surface area contributed by atoms with E-state index >= 15 is 0 Å². The number of benzene rings is 5. The van der Waals surface area contributed by atoms with Crippen LogP contribution in [0.3, 0.4) is 0 Å². The standard InChI is InChI=1S/C22H20N2O5S2.C18H19N3O2S.C4H8O.C3H7N/c1-16-10-12-19(13-11-16)31(27,28)29-15-14-17-6-5-9-20-21(17)23-24-22(20)30(25,26)18-7-3-2-4-8-18;22-24(23,15-6-2-1-3-7-15)18-16-8-4-5-13(17(16)20-21-18)11-12-19-14-9-10-14;1-2-4-5-3-1;4-3-1-2-3/h2-13H,14-15H2,1H3,(H,23,24);1-8,14,19H,9-12H2,(H,20,21);1-4H2;3H,1-2,4H2. The van der Waals surface area contributed by atoms with Gasteiger partial charge in [0, 0.05) is 36.1 Å². The molecule has 2 aliphatic carbocycles. The second-order valence-electron chi connectivity index (χ2n) is 15.8. The zero-order valence-electron chi connectivity index (χ0n) is 35.6. The first-order valence-corrected chi connectivity index (χ1v) is 25.8. The number of sulfone groups is 2. The molecule has 3 heterocycles. The lowest BCUT2D eigenvalue weighted by molar-refractivity contribution is 0.198. The highest BCUT2D eigenvalue weighted by Gasteiger charge is 2.26. The van der Waals surface area contributed by atoms with E-state index in [0.29, 0.717) is 33.9 Å². The molecule has 5 N–H and O–H groups in total. The first kappa shape index (κ1) is 46.7. The highest BCUT2D eigenvalue weighted by atomic mass is 32.2. The molecule has 3 fully saturated rings. The van der Waals surface area contributed by atoms with Gasteiger partial charge in [-0.15, -0.1) is 0 Å². The predicted octanol–water partition coefficient (Wildman–Crippen LogP) is 7.25. The van der Waals surface area contributed by atoms with Crippen LogP contribution in [0.2, 0.25) is 0 Å². The monoisotopic (exact) mass is 926 g/mol. The Morgan fingerprint density at radius 1 is 0.625 bits per heavy atom. The summed E-state index contributed by atoms with van der Waals surface area (Å²) in [5.74, 6) is 0. The van der Waals surface area contributed by atoms with Gasteiger partial charge in [-0.25, -0.2) is 16.8 Å².